The molecule has 0 saturated heterocycles. The summed E-state index contributed by atoms with van der Waals surface area (Å²) < 4.78 is 11.7. The van der Waals surface area contributed by atoms with E-state index in [1.54, 1.807) is 14.2 Å². The van der Waals surface area contributed by atoms with Gasteiger partial charge < -0.3 is 14.8 Å². The molecule has 0 aliphatic heterocycles. The van der Waals surface area contributed by atoms with Crippen molar-refractivity contribution in [2.75, 3.05) is 14.2 Å². The molecule has 0 aromatic heterocycles. The van der Waals surface area contributed by atoms with Crippen LogP contribution in [0, 0.1) is 3.57 Å². The van der Waals surface area contributed by atoms with E-state index in [1.165, 1.54) is 0 Å². The normalized spacial score (nSPS) is 11.6. The van der Waals surface area contributed by atoms with Crippen molar-refractivity contribution >= 4 is 28.5 Å². The highest BCUT2D eigenvalue weighted by atomic mass is 127. The average molecular weight is 411 g/mol. The highest BCUT2D eigenvalue weighted by Crippen LogP contribution is 2.29. The molecule has 0 bridgehead atoms. The topological polar surface area (TPSA) is 47.6 Å². The van der Waals surface area contributed by atoms with E-state index in [9.17, 15) is 4.79 Å². The number of amides is 1. The number of carbonyl (C=O) groups is 1. The minimum absolute atomic E-state index is 0.117. The second-order valence-electron chi connectivity index (χ2n) is 4.81. The quantitative estimate of drug-likeness (QED) is 0.762. The molecule has 0 saturated carbocycles. The van der Waals surface area contributed by atoms with Gasteiger partial charge in [0, 0.05) is 14.7 Å². The predicted octanol–water partition coefficient (Wildman–Crippen LogP) is 3.80. The Morgan fingerprint density at radius 3 is 2.36 bits per heavy atom. The Hall–Kier alpha value is -1.76. The van der Waals surface area contributed by atoms with Crippen LogP contribution in [-0.2, 0) is 0 Å². The van der Waals surface area contributed by atoms with Gasteiger partial charge in [0.05, 0.1) is 20.3 Å². The van der Waals surface area contributed by atoms with Crippen LogP contribution in [0.1, 0.15) is 28.9 Å². The summed E-state index contributed by atoms with van der Waals surface area (Å²) in [6.45, 7) is 1.92. The van der Waals surface area contributed by atoms with E-state index in [-0.39, 0.29) is 11.9 Å². The molecule has 0 unspecified atom stereocenters. The molecule has 5 heteroatoms. The van der Waals surface area contributed by atoms with Crippen LogP contribution in [0.5, 0.6) is 11.5 Å². The molecule has 0 spiro atoms. The molecule has 2 aromatic carbocycles. The summed E-state index contributed by atoms with van der Waals surface area (Å²) >= 11 is 2.21. The molecule has 22 heavy (non-hydrogen) atoms. The third kappa shape index (κ3) is 3.91. The molecular formula is C17H18INO3. The first kappa shape index (κ1) is 16.6. The van der Waals surface area contributed by atoms with E-state index >= 15 is 0 Å². The van der Waals surface area contributed by atoms with E-state index < -0.39 is 0 Å². The first-order valence-electron chi connectivity index (χ1n) is 6.83. The second kappa shape index (κ2) is 7.49. The number of hydrogen-bond donors (Lipinski definition) is 1. The fourth-order valence-electron chi connectivity index (χ4n) is 2.14. The van der Waals surface area contributed by atoms with Crippen molar-refractivity contribution in [1.29, 1.82) is 0 Å². The van der Waals surface area contributed by atoms with Gasteiger partial charge in [0.1, 0.15) is 11.5 Å². The van der Waals surface area contributed by atoms with Gasteiger partial charge in [0.15, 0.2) is 0 Å². The van der Waals surface area contributed by atoms with Crippen molar-refractivity contribution in [2.24, 2.45) is 0 Å². The first-order valence-corrected chi connectivity index (χ1v) is 7.91. The molecule has 1 amide bonds. The largest absolute Gasteiger partial charge is 0.497 e. The van der Waals surface area contributed by atoms with Crippen LogP contribution in [0.25, 0.3) is 0 Å². The van der Waals surface area contributed by atoms with Crippen LogP contribution in [0.15, 0.2) is 42.5 Å². The molecule has 2 rings (SSSR count). The highest BCUT2D eigenvalue weighted by Gasteiger charge is 2.16. The smallest absolute Gasteiger partial charge is 0.251 e. The maximum absolute atomic E-state index is 12.3. The Balaban J connectivity index is 2.19. The Labute approximate surface area is 144 Å². The third-order valence-electron chi connectivity index (χ3n) is 3.36. The molecule has 1 atom stereocenters. The molecule has 2 aromatic rings. The van der Waals surface area contributed by atoms with Gasteiger partial charge in [0.25, 0.3) is 5.91 Å². The maximum atomic E-state index is 12.3. The second-order valence-corrected chi connectivity index (χ2v) is 6.06. The van der Waals surface area contributed by atoms with E-state index in [4.69, 9.17) is 9.47 Å². The van der Waals surface area contributed by atoms with Gasteiger partial charge in [-0.2, -0.15) is 0 Å². The molecule has 116 valence electrons. The Bertz CT molecular complexity index is 655. The standard InChI is InChI=1S/C17H18INO3/c1-11(15-10-14(21-2)8-9-16(15)22-3)19-17(20)12-4-6-13(18)7-5-12/h4-11H,1-3H3,(H,19,20)/t11-/m1/s1. The summed E-state index contributed by atoms with van der Waals surface area (Å²) in [7, 11) is 3.22. The lowest BCUT2D eigenvalue weighted by Crippen LogP contribution is -2.26. The molecule has 0 radical (unpaired) electrons. The van der Waals surface area contributed by atoms with E-state index in [1.807, 2.05) is 49.4 Å². The molecule has 4 nitrogen and oxygen atoms in total. The van der Waals surface area contributed by atoms with Gasteiger partial charge in [-0.1, -0.05) is 0 Å². The Morgan fingerprint density at radius 1 is 1.09 bits per heavy atom. The number of rotatable bonds is 5. The van der Waals surface area contributed by atoms with Gasteiger partial charge in [-0.25, -0.2) is 0 Å². The van der Waals surface area contributed by atoms with Crippen molar-refractivity contribution in [3.8, 4) is 11.5 Å². The first-order chi connectivity index (χ1) is 10.5. The summed E-state index contributed by atoms with van der Waals surface area (Å²) in [6, 6.07) is 12.8. The number of nitrogens with one attached hydrogen (secondary N) is 1. The lowest BCUT2D eigenvalue weighted by Gasteiger charge is -2.18. The third-order valence-corrected chi connectivity index (χ3v) is 4.08. The van der Waals surface area contributed by atoms with Crippen LogP contribution < -0.4 is 14.8 Å². The van der Waals surface area contributed by atoms with Gasteiger partial charge in [0.2, 0.25) is 0 Å². The molecule has 0 aliphatic rings. The zero-order valence-corrected chi connectivity index (χ0v) is 14.9. The van der Waals surface area contributed by atoms with E-state index in [0.29, 0.717) is 5.56 Å². The maximum Gasteiger partial charge on any atom is 0.251 e. The number of hydrogen-bond acceptors (Lipinski definition) is 3. The monoisotopic (exact) mass is 411 g/mol. The van der Waals surface area contributed by atoms with Gasteiger partial charge in [-0.15, -0.1) is 0 Å². The van der Waals surface area contributed by atoms with Gasteiger partial charge in [-0.05, 0) is 72.0 Å². The number of benzene rings is 2. The fraction of sp³-hybridized carbons (Fsp3) is 0.235. The lowest BCUT2D eigenvalue weighted by molar-refractivity contribution is 0.0939. The predicted molar refractivity (Wildman–Crippen MR) is 94.6 cm³/mol. The van der Waals surface area contributed by atoms with Crippen LogP contribution >= 0.6 is 22.6 Å². The Kier molecular flexibility index (Phi) is 5.65. The van der Waals surface area contributed by atoms with Crippen molar-refractivity contribution in [1.82, 2.24) is 5.32 Å². The molecule has 0 heterocycles. The SMILES string of the molecule is COc1ccc(OC)c([C@@H](C)NC(=O)c2ccc(I)cc2)c1. The number of carbonyl (C=O) groups excluding carboxylic acids is 1. The lowest BCUT2D eigenvalue weighted by atomic mass is 10.1. The zero-order valence-electron chi connectivity index (χ0n) is 12.7. The minimum atomic E-state index is -0.197. The molecule has 1 N–H and O–H groups in total. The molecular weight excluding hydrogens is 393 g/mol. The van der Waals surface area contributed by atoms with Crippen molar-refractivity contribution in [2.45, 2.75) is 13.0 Å². The minimum Gasteiger partial charge on any atom is -0.497 e. The molecule has 0 fully saturated rings. The average Bonchev–Trinajstić information content (AvgIpc) is 2.54. The number of methoxy groups -OCH3 is 2. The van der Waals surface area contributed by atoms with E-state index in [0.717, 1.165) is 20.6 Å². The van der Waals surface area contributed by atoms with Crippen molar-refractivity contribution in [3.05, 3.63) is 57.2 Å². The Morgan fingerprint density at radius 2 is 1.77 bits per heavy atom. The van der Waals surface area contributed by atoms with Crippen LogP contribution in [-0.4, -0.2) is 20.1 Å². The van der Waals surface area contributed by atoms with Crippen LogP contribution in [0.2, 0.25) is 0 Å². The van der Waals surface area contributed by atoms with Gasteiger partial charge in [-0.3, -0.25) is 4.79 Å². The summed E-state index contributed by atoms with van der Waals surface area (Å²) in [4.78, 5) is 12.3. The summed E-state index contributed by atoms with van der Waals surface area (Å²) in [5.74, 6) is 1.33. The summed E-state index contributed by atoms with van der Waals surface area (Å²) in [5, 5.41) is 2.98. The molecule has 0 aliphatic carbocycles. The van der Waals surface area contributed by atoms with Crippen LogP contribution in [0.4, 0.5) is 0 Å². The van der Waals surface area contributed by atoms with Crippen molar-refractivity contribution < 1.29 is 14.3 Å². The highest BCUT2D eigenvalue weighted by molar-refractivity contribution is 14.1. The zero-order chi connectivity index (χ0) is 16.1. The summed E-state index contributed by atoms with van der Waals surface area (Å²) in [5.41, 5.74) is 1.51. The number of ether oxygens (including phenoxy) is 2. The van der Waals surface area contributed by atoms with E-state index in [2.05, 4.69) is 27.9 Å². The number of halogens is 1. The van der Waals surface area contributed by atoms with Crippen LogP contribution in [0.3, 0.4) is 0 Å². The fourth-order valence-corrected chi connectivity index (χ4v) is 2.50. The summed E-state index contributed by atoms with van der Waals surface area (Å²) in [6.07, 6.45) is 0. The van der Waals surface area contributed by atoms with Gasteiger partial charge >= 0.3 is 0 Å². The van der Waals surface area contributed by atoms with Crippen molar-refractivity contribution in [3.63, 3.8) is 0 Å².